The Morgan fingerprint density at radius 1 is 0.977 bits per heavy atom. The summed E-state index contributed by atoms with van der Waals surface area (Å²) < 4.78 is 45.4. The predicted octanol–water partition coefficient (Wildman–Crippen LogP) is 6.33. The van der Waals surface area contributed by atoms with Gasteiger partial charge >= 0.3 is 12.2 Å². The lowest BCUT2D eigenvalue weighted by molar-refractivity contribution is -0.191. The third kappa shape index (κ3) is 7.49. The zero-order chi connectivity index (χ0) is 31.9. The molecule has 236 valence electrons. The van der Waals surface area contributed by atoms with Gasteiger partial charge in [0.15, 0.2) is 6.23 Å². The first-order valence-corrected chi connectivity index (χ1v) is 14.8. The lowest BCUT2D eigenvalue weighted by Crippen LogP contribution is -2.73. The van der Waals surface area contributed by atoms with Crippen LogP contribution in [0, 0.1) is 5.41 Å². The minimum Gasteiger partial charge on any atom is -0.469 e. The van der Waals surface area contributed by atoms with Crippen LogP contribution >= 0.6 is 0 Å². The van der Waals surface area contributed by atoms with Gasteiger partial charge in [-0.2, -0.15) is 13.2 Å². The topological polar surface area (TPSA) is 82.2 Å². The fraction of sp³-hybridized carbons (Fsp3) is 0.531. The van der Waals surface area contributed by atoms with Crippen LogP contribution < -0.4 is 10.1 Å². The van der Waals surface area contributed by atoms with Gasteiger partial charge in [-0.05, 0) is 82.2 Å². The Hall–Kier alpha value is -3.60. The number of β-lactam (4-membered cyclic amide) rings is 1. The molecule has 1 fully saturated rings. The number of nitrogens with zero attached hydrogens (tertiary/aromatic N) is 3. The second kappa shape index (κ2) is 14.2. The van der Waals surface area contributed by atoms with Crippen LogP contribution in [-0.4, -0.2) is 72.5 Å². The van der Waals surface area contributed by atoms with Gasteiger partial charge in [-0.3, -0.25) is 9.59 Å². The minimum absolute atomic E-state index is 0.0996. The highest BCUT2D eigenvalue weighted by Gasteiger charge is 2.63. The van der Waals surface area contributed by atoms with Gasteiger partial charge in [0.2, 0.25) is 5.91 Å². The normalized spacial score (nSPS) is 16.9. The summed E-state index contributed by atoms with van der Waals surface area (Å²) in [6.45, 7) is 9.46. The minimum atomic E-state index is -4.47. The number of likely N-dealkylation sites (tertiary alicyclic amines) is 1. The molecule has 4 amide bonds. The molecule has 2 aromatic rings. The van der Waals surface area contributed by atoms with E-state index in [4.69, 9.17) is 4.74 Å². The van der Waals surface area contributed by atoms with Crippen LogP contribution in [-0.2, 0) is 11.0 Å². The first-order chi connectivity index (χ1) is 20.3. The molecule has 8 nitrogen and oxygen atoms in total. The van der Waals surface area contributed by atoms with E-state index in [1.54, 1.807) is 29.2 Å². The summed E-state index contributed by atoms with van der Waals surface area (Å²) in [5, 5.41) is 2.84. The van der Waals surface area contributed by atoms with Crippen molar-refractivity contribution in [3.8, 4) is 5.75 Å². The van der Waals surface area contributed by atoms with E-state index >= 15 is 0 Å². The van der Waals surface area contributed by atoms with Crippen molar-refractivity contribution in [1.29, 1.82) is 0 Å². The van der Waals surface area contributed by atoms with E-state index in [0.717, 1.165) is 23.6 Å². The number of imide groups is 1. The number of hydrogen-bond donors (Lipinski definition) is 1. The average Bonchev–Trinajstić information content (AvgIpc) is 2.97. The molecule has 0 aromatic heterocycles. The van der Waals surface area contributed by atoms with Gasteiger partial charge in [0.1, 0.15) is 11.2 Å². The molecule has 0 bridgehead atoms. The predicted molar refractivity (Wildman–Crippen MR) is 158 cm³/mol. The maximum Gasteiger partial charge on any atom is 0.416 e. The Morgan fingerprint density at radius 3 is 2.07 bits per heavy atom. The number of carbonyl (C=O) groups excluding carboxylic acids is 3. The SMILES string of the molecule is CCC[C@@H](NC(=O)N1C(=O)C(CC)(CC)[C@@H]1Oc1ccc(C(=O)N(CC)CCN(C)C)cc1)c1ccc(C(F)(F)F)cc1. The van der Waals surface area contributed by atoms with Crippen LogP contribution in [0.15, 0.2) is 48.5 Å². The highest BCUT2D eigenvalue weighted by molar-refractivity contribution is 6.03. The fourth-order valence-corrected chi connectivity index (χ4v) is 5.34. The maximum absolute atomic E-state index is 13.5. The molecule has 0 saturated carbocycles. The smallest absolute Gasteiger partial charge is 0.416 e. The Morgan fingerprint density at radius 2 is 1.58 bits per heavy atom. The summed E-state index contributed by atoms with van der Waals surface area (Å²) in [6, 6.07) is 10.1. The molecule has 1 aliphatic heterocycles. The van der Waals surface area contributed by atoms with Crippen molar-refractivity contribution < 1.29 is 32.3 Å². The Bertz CT molecular complexity index is 1240. The van der Waals surface area contributed by atoms with Crippen molar-refractivity contribution in [3.63, 3.8) is 0 Å². The number of nitrogens with one attached hydrogen (secondary N) is 1. The van der Waals surface area contributed by atoms with Crippen molar-refractivity contribution in [2.45, 2.75) is 71.8 Å². The van der Waals surface area contributed by atoms with Crippen LogP contribution in [0.1, 0.15) is 80.9 Å². The lowest BCUT2D eigenvalue weighted by atomic mass is 9.72. The second-order valence-electron chi connectivity index (χ2n) is 11.1. The fourth-order valence-electron chi connectivity index (χ4n) is 5.34. The Labute approximate surface area is 252 Å². The summed E-state index contributed by atoms with van der Waals surface area (Å²) in [6.07, 6.45) is -3.34. The quantitative estimate of drug-likeness (QED) is 0.270. The molecule has 0 aliphatic carbocycles. The third-order valence-electron chi connectivity index (χ3n) is 8.18. The molecule has 43 heavy (non-hydrogen) atoms. The van der Waals surface area contributed by atoms with Crippen molar-refractivity contribution in [1.82, 2.24) is 20.0 Å². The molecule has 1 saturated heterocycles. The molecule has 2 atom stereocenters. The summed E-state index contributed by atoms with van der Waals surface area (Å²) in [5.74, 6) is -0.0614. The first-order valence-electron chi connectivity index (χ1n) is 14.8. The van der Waals surface area contributed by atoms with Crippen LogP contribution in [0.5, 0.6) is 5.75 Å². The molecule has 2 aromatic carbocycles. The summed E-state index contributed by atoms with van der Waals surface area (Å²) in [5.41, 5.74) is -0.670. The largest absolute Gasteiger partial charge is 0.469 e. The molecule has 11 heteroatoms. The molecule has 0 unspecified atom stereocenters. The van der Waals surface area contributed by atoms with E-state index in [-0.39, 0.29) is 11.8 Å². The molecule has 1 aliphatic rings. The number of ether oxygens (including phenoxy) is 1. The van der Waals surface area contributed by atoms with Gasteiger partial charge in [0.05, 0.1) is 11.6 Å². The second-order valence-corrected chi connectivity index (χ2v) is 11.1. The van der Waals surface area contributed by atoms with Gasteiger partial charge in [-0.1, -0.05) is 39.3 Å². The van der Waals surface area contributed by atoms with Crippen LogP contribution in [0.2, 0.25) is 0 Å². The summed E-state index contributed by atoms with van der Waals surface area (Å²) in [4.78, 5) is 44.7. The van der Waals surface area contributed by atoms with E-state index < -0.39 is 35.5 Å². The monoisotopic (exact) mass is 604 g/mol. The molecular weight excluding hydrogens is 561 g/mol. The van der Waals surface area contributed by atoms with E-state index in [1.807, 2.05) is 46.7 Å². The number of halogens is 3. The third-order valence-corrected chi connectivity index (χ3v) is 8.18. The summed E-state index contributed by atoms with van der Waals surface area (Å²) >= 11 is 0. The molecule has 0 spiro atoms. The summed E-state index contributed by atoms with van der Waals surface area (Å²) in [7, 11) is 3.90. The van der Waals surface area contributed by atoms with Crippen molar-refractivity contribution in [2.24, 2.45) is 5.41 Å². The highest BCUT2D eigenvalue weighted by atomic mass is 19.4. The van der Waals surface area contributed by atoms with Crippen LogP contribution in [0.3, 0.4) is 0 Å². The molecule has 0 radical (unpaired) electrons. The van der Waals surface area contributed by atoms with Gasteiger partial charge in [-0.15, -0.1) is 0 Å². The first kappa shape index (κ1) is 33.9. The zero-order valence-electron chi connectivity index (χ0n) is 25.8. The number of urea groups is 1. The van der Waals surface area contributed by atoms with Gasteiger partial charge in [0.25, 0.3) is 5.91 Å². The standard InChI is InChI=1S/C32H43F3N4O4/c1-7-11-26(22-12-16-24(17-13-22)32(33,34)35)36-30(42)39-28(41)31(8-2,9-3)29(39)43-25-18-14-23(15-19-25)27(40)38(10-4)21-20-37(5)6/h12-19,26,29H,7-11,20-21H2,1-6H3,(H,36,42)/t26-,29+/m1/s1. The van der Waals surface area contributed by atoms with E-state index in [1.165, 1.54) is 12.1 Å². The zero-order valence-corrected chi connectivity index (χ0v) is 25.8. The van der Waals surface area contributed by atoms with Gasteiger partial charge < -0.3 is 19.9 Å². The molecule has 1 heterocycles. The molecule has 1 N–H and O–H groups in total. The number of carbonyl (C=O) groups is 3. The highest BCUT2D eigenvalue weighted by Crippen LogP contribution is 2.46. The van der Waals surface area contributed by atoms with Crippen LogP contribution in [0.25, 0.3) is 0 Å². The number of likely N-dealkylation sites (N-methyl/N-ethyl adjacent to an activating group) is 2. The number of hydrogen-bond acceptors (Lipinski definition) is 5. The Kier molecular flexibility index (Phi) is 11.2. The lowest BCUT2D eigenvalue weighted by Gasteiger charge is -2.53. The number of amides is 4. The number of benzene rings is 2. The van der Waals surface area contributed by atoms with E-state index in [0.29, 0.717) is 55.6 Å². The molecule has 3 rings (SSSR count). The number of rotatable bonds is 13. The van der Waals surface area contributed by atoms with Gasteiger partial charge in [0, 0.05) is 25.2 Å². The van der Waals surface area contributed by atoms with Crippen LogP contribution in [0.4, 0.5) is 18.0 Å². The van der Waals surface area contributed by atoms with E-state index in [9.17, 15) is 27.6 Å². The van der Waals surface area contributed by atoms with Crippen molar-refractivity contribution >= 4 is 17.8 Å². The van der Waals surface area contributed by atoms with E-state index in [2.05, 4.69) is 5.32 Å². The number of alkyl halides is 3. The van der Waals surface area contributed by atoms with Crippen molar-refractivity contribution in [2.75, 3.05) is 33.7 Å². The molecular formula is C32H43F3N4O4. The van der Waals surface area contributed by atoms with Crippen molar-refractivity contribution in [3.05, 3.63) is 65.2 Å². The Balaban J connectivity index is 1.79. The maximum atomic E-state index is 13.5. The van der Waals surface area contributed by atoms with Gasteiger partial charge in [-0.25, -0.2) is 9.69 Å². The average molecular weight is 605 g/mol.